The Hall–Kier alpha value is 0.590. The first-order valence-corrected chi connectivity index (χ1v) is 2.92. The predicted molar refractivity (Wildman–Crippen MR) is 31.8 cm³/mol. The quantitative estimate of drug-likeness (QED) is 0.432. The van der Waals surface area contributed by atoms with E-state index in [1.165, 1.54) is 0 Å². The molecule has 0 bridgehead atoms. The summed E-state index contributed by atoms with van der Waals surface area (Å²) >= 11 is 12.9. The van der Waals surface area contributed by atoms with Crippen LogP contribution in [-0.2, 0) is 0 Å². The van der Waals surface area contributed by atoms with Gasteiger partial charge in [-0.1, -0.05) is 34.8 Å². The van der Waals surface area contributed by atoms with Crippen LogP contribution in [-0.4, -0.2) is 11.0 Å². The lowest BCUT2D eigenvalue weighted by atomic mass is 10.8. The molecule has 0 unspecified atom stereocenters. The van der Waals surface area contributed by atoms with E-state index in [0.717, 1.165) is 6.13 Å². The second-order valence-corrected chi connectivity index (χ2v) is 2.15. The van der Waals surface area contributed by atoms with Crippen molar-refractivity contribution < 1.29 is 17.6 Å². The normalized spacial score (nSPS) is 10.8. The third-order valence-corrected chi connectivity index (χ3v) is 0.742. The Labute approximate surface area is 70.0 Å². The predicted octanol–water partition coefficient (Wildman–Crippen LogP) is 3.54. The summed E-state index contributed by atoms with van der Waals surface area (Å²) in [6.07, 6.45) is -3.75. The number of hydrogen-bond acceptors (Lipinski definition) is 0. The monoisotopic (exact) mass is 218 g/mol. The average molecular weight is 219 g/mol. The summed E-state index contributed by atoms with van der Waals surface area (Å²) in [6.45, 7) is 0. The summed E-state index contributed by atoms with van der Waals surface area (Å²) in [5.41, 5.74) is 0. The minimum absolute atomic E-state index is 0.722. The standard InChI is InChI=1S/C2HCl2F3.CClF/c3-1(4)2(5,6)7;2-1-3/h1H;. The van der Waals surface area contributed by atoms with E-state index in [2.05, 4.69) is 34.8 Å². The molecule has 0 saturated carbocycles. The molecule has 0 aliphatic carbocycles. The highest BCUT2D eigenvalue weighted by atomic mass is 35.5. The first-order valence-electron chi connectivity index (χ1n) is 1.67. The molecule has 0 rings (SSSR count). The molecule has 7 heteroatoms. The topological polar surface area (TPSA) is 0 Å². The van der Waals surface area contributed by atoms with Crippen molar-refractivity contribution >= 4 is 34.8 Å². The van der Waals surface area contributed by atoms with E-state index in [1.807, 2.05) is 0 Å². The van der Waals surface area contributed by atoms with Crippen molar-refractivity contribution in [1.82, 2.24) is 0 Å². The number of hydrogen-bond donors (Lipinski definition) is 0. The van der Waals surface area contributed by atoms with Crippen molar-refractivity contribution in [1.29, 1.82) is 0 Å². The van der Waals surface area contributed by atoms with Crippen molar-refractivity contribution in [2.75, 3.05) is 0 Å². The molecule has 0 aromatic carbocycles. The van der Waals surface area contributed by atoms with Gasteiger partial charge in [-0.15, -0.1) is 0 Å². The summed E-state index contributed by atoms with van der Waals surface area (Å²) in [4.78, 5) is -2.26. The highest BCUT2D eigenvalue weighted by Gasteiger charge is 2.36. The first kappa shape index (κ1) is 13.2. The van der Waals surface area contributed by atoms with Crippen molar-refractivity contribution in [3.8, 4) is 0 Å². The summed E-state index contributed by atoms with van der Waals surface area (Å²) in [7, 11) is 0. The van der Waals surface area contributed by atoms with Crippen molar-refractivity contribution in [3.05, 3.63) is 6.13 Å². The second kappa shape index (κ2) is 6.31. The summed E-state index contributed by atoms with van der Waals surface area (Å²) in [5.74, 6) is 0. The van der Waals surface area contributed by atoms with Crippen LogP contribution in [0.3, 0.4) is 0 Å². The maximum absolute atomic E-state index is 10.9. The van der Waals surface area contributed by atoms with Gasteiger partial charge in [-0.2, -0.15) is 13.2 Å². The molecule has 0 amide bonds. The van der Waals surface area contributed by atoms with Gasteiger partial charge in [0.25, 0.3) is 6.13 Å². The van der Waals surface area contributed by atoms with Crippen molar-refractivity contribution in [2.45, 2.75) is 11.0 Å². The summed E-state index contributed by atoms with van der Waals surface area (Å²) in [6, 6.07) is 0. The van der Waals surface area contributed by atoms with Crippen LogP contribution in [0.25, 0.3) is 0 Å². The fourth-order valence-electron chi connectivity index (χ4n) is 0. The van der Waals surface area contributed by atoms with E-state index in [9.17, 15) is 17.6 Å². The van der Waals surface area contributed by atoms with Crippen LogP contribution < -0.4 is 0 Å². The smallest absolute Gasteiger partial charge is 0.216 e. The van der Waals surface area contributed by atoms with Gasteiger partial charge < -0.3 is 0 Å². The van der Waals surface area contributed by atoms with Gasteiger partial charge in [-0.3, -0.25) is 0 Å². The van der Waals surface area contributed by atoms with Crippen LogP contribution >= 0.6 is 34.8 Å². The van der Waals surface area contributed by atoms with Crippen LogP contribution in [0.5, 0.6) is 0 Å². The van der Waals surface area contributed by atoms with Crippen molar-refractivity contribution in [2.24, 2.45) is 0 Å². The largest absolute Gasteiger partial charge is 0.418 e. The van der Waals surface area contributed by atoms with Crippen LogP contribution in [0.1, 0.15) is 0 Å². The lowest BCUT2D eigenvalue weighted by molar-refractivity contribution is -0.115. The molecule has 0 aliphatic rings. The van der Waals surface area contributed by atoms with Crippen LogP contribution in [0.2, 0.25) is 0 Å². The number of halogens is 7. The molecule has 10 heavy (non-hydrogen) atoms. The van der Waals surface area contributed by atoms with E-state index in [4.69, 9.17) is 0 Å². The Kier molecular flexibility index (Phi) is 8.33. The lowest BCUT2D eigenvalue weighted by Gasteiger charge is -2.03. The molecule has 62 valence electrons. The third kappa shape index (κ3) is 11.4. The van der Waals surface area contributed by atoms with E-state index in [1.54, 1.807) is 0 Å². The summed E-state index contributed by atoms with van der Waals surface area (Å²) in [5, 5.41) is 0. The number of alkyl halides is 5. The Morgan fingerprint density at radius 3 is 1.30 bits per heavy atom. The molecular formula is C3HCl3F4. The Morgan fingerprint density at radius 1 is 1.20 bits per heavy atom. The van der Waals surface area contributed by atoms with Gasteiger partial charge in [0.1, 0.15) is 0 Å². The third-order valence-electron chi connectivity index (χ3n) is 0.247. The maximum Gasteiger partial charge on any atom is 0.418 e. The highest BCUT2D eigenvalue weighted by Crippen LogP contribution is 2.26. The molecule has 0 heterocycles. The van der Waals surface area contributed by atoms with Gasteiger partial charge in [0.2, 0.25) is 4.84 Å². The molecule has 0 saturated heterocycles. The highest BCUT2D eigenvalue weighted by molar-refractivity contribution is 6.44. The molecule has 0 atom stereocenters. The lowest BCUT2D eigenvalue weighted by Crippen LogP contribution is -2.16. The zero-order valence-corrected chi connectivity index (χ0v) is 6.49. The fourth-order valence-corrected chi connectivity index (χ4v) is 0. The first-order chi connectivity index (χ1) is 4.36. The zero-order valence-electron chi connectivity index (χ0n) is 4.22. The fraction of sp³-hybridized carbons (Fsp3) is 0.667. The van der Waals surface area contributed by atoms with E-state index in [-0.39, 0.29) is 0 Å². The van der Waals surface area contributed by atoms with Crippen LogP contribution in [0.15, 0.2) is 0 Å². The molecular weight excluding hydrogens is 218 g/mol. The van der Waals surface area contributed by atoms with Crippen LogP contribution in [0, 0.1) is 6.13 Å². The van der Waals surface area contributed by atoms with Gasteiger partial charge >= 0.3 is 6.18 Å². The van der Waals surface area contributed by atoms with E-state index < -0.39 is 11.0 Å². The Bertz CT molecular complexity index is 70.6. The maximum atomic E-state index is 10.9. The van der Waals surface area contributed by atoms with Crippen molar-refractivity contribution in [3.63, 3.8) is 0 Å². The molecule has 2 radical (unpaired) electrons. The van der Waals surface area contributed by atoms with Gasteiger partial charge in [0.15, 0.2) is 0 Å². The minimum Gasteiger partial charge on any atom is -0.216 e. The zero-order chi connectivity index (χ0) is 8.78. The average Bonchev–Trinajstić information content (AvgIpc) is 1.64. The Balaban J connectivity index is 0. The summed E-state index contributed by atoms with van der Waals surface area (Å²) < 4.78 is 42.6. The van der Waals surface area contributed by atoms with Gasteiger partial charge in [0, 0.05) is 0 Å². The van der Waals surface area contributed by atoms with Crippen LogP contribution in [0.4, 0.5) is 17.6 Å². The Morgan fingerprint density at radius 2 is 1.30 bits per heavy atom. The molecule has 0 aliphatic heterocycles. The molecule has 0 nitrogen and oxygen atoms in total. The molecule has 0 spiro atoms. The van der Waals surface area contributed by atoms with E-state index in [0.29, 0.717) is 0 Å². The molecule has 0 aromatic heterocycles. The molecule has 0 fully saturated rings. The SMILES string of the molecule is FC(F)(F)C(Cl)Cl.F[C]Cl. The molecule has 0 aromatic rings. The van der Waals surface area contributed by atoms with Gasteiger partial charge in [-0.05, 0) is 0 Å². The molecule has 0 N–H and O–H groups in total. The number of rotatable bonds is 0. The van der Waals surface area contributed by atoms with E-state index >= 15 is 0 Å². The second-order valence-electron chi connectivity index (χ2n) is 0.914. The van der Waals surface area contributed by atoms with Gasteiger partial charge in [-0.25, -0.2) is 4.39 Å². The van der Waals surface area contributed by atoms with Gasteiger partial charge in [0.05, 0.1) is 0 Å². The minimum atomic E-state index is -4.47.